The monoisotopic (exact) mass is 465 g/mol. The number of aromatic nitrogens is 1. The van der Waals surface area contributed by atoms with Crippen molar-refractivity contribution in [2.24, 2.45) is 0 Å². The molecule has 0 radical (unpaired) electrons. The highest BCUT2D eigenvalue weighted by atomic mass is 35.5. The van der Waals surface area contributed by atoms with Gasteiger partial charge in [0.25, 0.3) is 0 Å². The maximum atomic E-state index is 11.2. The first-order chi connectivity index (χ1) is 14.9. The van der Waals surface area contributed by atoms with Crippen LogP contribution in [0.2, 0.25) is 10.0 Å². The van der Waals surface area contributed by atoms with Crippen LogP contribution in [-0.4, -0.2) is 29.4 Å². The fourth-order valence-corrected chi connectivity index (χ4v) is 3.98. The summed E-state index contributed by atoms with van der Waals surface area (Å²) in [5.41, 5.74) is 3.23. The Labute approximate surface area is 191 Å². The van der Waals surface area contributed by atoms with E-state index in [2.05, 4.69) is 19.0 Å². The van der Waals surface area contributed by atoms with Crippen molar-refractivity contribution < 1.29 is 23.9 Å². The minimum absolute atomic E-state index is 0.0441. The molecule has 0 aliphatic heterocycles. The maximum absolute atomic E-state index is 11.2. The topological polar surface area (TPSA) is 81.8 Å². The number of hydrogen-bond donors (Lipinski definition) is 1. The molecule has 0 unspecified atom stereocenters. The van der Waals surface area contributed by atoms with Crippen LogP contribution in [0.25, 0.3) is 11.0 Å². The molecule has 0 aliphatic carbocycles. The Morgan fingerprint density at radius 3 is 2.61 bits per heavy atom. The third kappa shape index (κ3) is 4.91. The van der Waals surface area contributed by atoms with E-state index in [4.69, 9.17) is 37.2 Å². The van der Waals surface area contributed by atoms with Crippen LogP contribution in [0.5, 0.6) is 11.5 Å². The Bertz CT molecular complexity index is 1090. The van der Waals surface area contributed by atoms with Gasteiger partial charge in [0.15, 0.2) is 5.58 Å². The summed E-state index contributed by atoms with van der Waals surface area (Å²) >= 11 is 12.3. The molecule has 31 heavy (non-hydrogen) atoms. The zero-order valence-electron chi connectivity index (χ0n) is 17.8. The number of nitrogens with zero attached hydrogens (tertiary/aromatic N) is 1. The number of carboxylic acids is 1. The average molecular weight is 466 g/mol. The SMILES string of the molecule is CCCc1c(OCCCOc2c(Cl)cc(C(=O)O)c(Cl)c2C)ccc2c(CC)noc12. The van der Waals surface area contributed by atoms with Crippen LogP contribution < -0.4 is 9.47 Å². The van der Waals surface area contributed by atoms with Gasteiger partial charge < -0.3 is 19.1 Å². The summed E-state index contributed by atoms with van der Waals surface area (Å²) in [5, 5.41) is 14.7. The van der Waals surface area contributed by atoms with E-state index in [0.29, 0.717) is 30.9 Å². The second-order valence-corrected chi connectivity index (χ2v) is 7.97. The van der Waals surface area contributed by atoms with Gasteiger partial charge in [0.1, 0.15) is 11.5 Å². The van der Waals surface area contributed by atoms with Gasteiger partial charge in [-0.1, -0.05) is 48.6 Å². The van der Waals surface area contributed by atoms with Crippen molar-refractivity contribution in [2.75, 3.05) is 13.2 Å². The van der Waals surface area contributed by atoms with E-state index >= 15 is 0 Å². The minimum Gasteiger partial charge on any atom is -0.493 e. The standard InChI is InChI=1S/C23H25Cl2NO5/c1-4-7-15-19(9-8-14-18(5-2)26-31-22(14)15)29-10-6-11-30-21-13(3)20(25)16(23(27)28)12-17(21)24/h8-9,12H,4-7,10-11H2,1-3H3,(H,27,28). The maximum Gasteiger partial charge on any atom is 0.337 e. The van der Waals surface area contributed by atoms with Gasteiger partial charge >= 0.3 is 5.97 Å². The number of aromatic carboxylic acids is 1. The predicted octanol–water partition coefficient (Wildman–Crippen LogP) is 6.50. The number of rotatable bonds is 10. The van der Waals surface area contributed by atoms with Crippen molar-refractivity contribution in [2.45, 2.75) is 46.5 Å². The van der Waals surface area contributed by atoms with Gasteiger partial charge in [0.2, 0.25) is 0 Å². The van der Waals surface area contributed by atoms with Crippen LogP contribution in [0, 0.1) is 6.92 Å². The summed E-state index contributed by atoms with van der Waals surface area (Å²) in [6, 6.07) is 5.26. The third-order valence-corrected chi connectivity index (χ3v) is 5.80. The molecular weight excluding hydrogens is 441 g/mol. The summed E-state index contributed by atoms with van der Waals surface area (Å²) in [6.07, 6.45) is 3.22. The molecule has 166 valence electrons. The Kier molecular flexibility index (Phi) is 7.68. The molecule has 0 atom stereocenters. The number of benzene rings is 2. The van der Waals surface area contributed by atoms with Gasteiger partial charge in [-0.25, -0.2) is 4.79 Å². The van der Waals surface area contributed by atoms with Gasteiger partial charge in [0.05, 0.1) is 34.5 Å². The number of hydrogen-bond acceptors (Lipinski definition) is 5. The zero-order valence-corrected chi connectivity index (χ0v) is 19.3. The van der Waals surface area contributed by atoms with Crippen LogP contribution in [-0.2, 0) is 12.8 Å². The smallest absolute Gasteiger partial charge is 0.337 e. The summed E-state index contributed by atoms with van der Waals surface area (Å²) < 4.78 is 17.4. The summed E-state index contributed by atoms with van der Waals surface area (Å²) in [7, 11) is 0. The average Bonchev–Trinajstić information content (AvgIpc) is 3.17. The molecular formula is C23H25Cl2NO5. The Morgan fingerprint density at radius 2 is 1.94 bits per heavy atom. The first-order valence-corrected chi connectivity index (χ1v) is 11.0. The Morgan fingerprint density at radius 1 is 1.19 bits per heavy atom. The van der Waals surface area contributed by atoms with Crippen LogP contribution in [0.15, 0.2) is 22.7 Å². The molecule has 6 nitrogen and oxygen atoms in total. The van der Waals surface area contributed by atoms with Gasteiger partial charge in [0, 0.05) is 22.9 Å². The summed E-state index contributed by atoms with van der Waals surface area (Å²) in [5.74, 6) is 0.0438. The lowest BCUT2D eigenvalue weighted by Crippen LogP contribution is -2.08. The van der Waals surface area contributed by atoms with Crippen molar-refractivity contribution >= 4 is 40.1 Å². The zero-order chi connectivity index (χ0) is 22.5. The lowest BCUT2D eigenvalue weighted by atomic mass is 10.0. The normalized spacial score (nSPS) is 11.1. The Hall–Kier alpha value is -2.44. The van der Waals surface area contributed by atoms with Crippen molar-refractivity contribution in [3.8, 4) is 11.5 Å². The van der Waals surface area contributed by atoms with Crippen LogP contribution >= 0.6 is 23.2 Å². The largest absolute Gasteiger partial charge is 0.493 e. The van der Waals surface area contributed by atoms with E-state index in [1.165, 1.54) is 6.07 Å². The molecule has 0 spiro atoms. The molecule has 2 aromatic carbocycles. The highest BCUT2D eigenvalue weighted by Gasteiger charge is 2.19. The van der Waals surface area contributed by atoms with Crippen molar-refractivity contribution in [1.82, 2.24) is 5.16 Å². The van der Waals surface area contributed by atoms with Crippen LogP contribution in [0.4, 0.5) is 0 Å². The number of carboxylic acid groups (broad SMARTS) is 1. The highest BCUT2D eigenvalue weighted by Crippen LogP contribution is 2.36. The van der Waals surface area contributed by atoms with E-state index < -0.39 is 5.97 Å². The lowest BCUT2D eigenvalue weighted by molar-refractivity contribution is 0.0697. The third-order valence-electron chi connectivity index (χ3n) is 5.03. The molecule has 1 heterocycles. The number of carbonyl (C=O) groups is 1. The molecule has 3 rings (SSSR count). The van der Waals surface area contributed by atoms with E-state index in [9.17, 15) is 9.90 Å². The van der Waals surface area contributed by atoms with E-state index in [1.54, 1.807) is 6.92 Å². The van der Waals surface area contributed by atoms with Crippen molar-refractivity contribution in [1.29, 1.82) is 0 Å². The van der Waals surface area contributed by atoms with E-state index in [0.717, 1.165) is 47.2 Å². The molecule has 0 fully saturated rings. The fraction of sp³-hybridized carbons (Fsp3) is 0.391. The molecule has 3 aromatic rings. The Balaban J connectivity index is 1.64. The van der Waals surface area contributed by atoms with E-state index in [1.807, 2.05) is 12.1 Å². The molecule has 0 saturated heterocycles. The fourth-order valence-electron chi connectivity index (χ4n) is 3.45. The van der Waals surface area contributed by atoms with Crippen LogP contribution in [0.1, 0.15) is 53.9 Å². The van der Waals surface area contributed by atoms with Gasteiger partial charge in [-0.2, -0.15) is 0 Å². The molecule has 1 aromatic heterocycles. The molecule has 1 N–H and O–H groups in total. The number of halogens is 2. The second kappa shape index (κ2) is 10.2. The van der Waals surface area contributed by atoms with Crippen molar-refractivity contribution in [3.05, 3.63) is 50.6 Å². The molecule has 0 saturated carbocycles. The second-order valence-electron chi connectivity index (χ2n) is 7.18. The number of fused-ring (bicyclic) bond motifs is 1. The highest BCUT2D eigenvalue weighted by molar-refractivity contribution is 6.37. The minimum atomic E-state index is -1.13. The molecule has 8 heteroatoms. The van der Waals surface area contributed by atoms with Gasteiger partial charge in [-0.3, -0.25) is 0 Å². The number of aryl methyl sites for hydroxylation is 2. The van der Waals surface area contributed by atoms with Gasteiger partial charge in [-0.05, 0) is 38.0 Å². The number of ether oxygens (including phenoxy) is 2. The predicted molar refractivity (Wildman–Crippen MR) is 121 cm³/mol. The summed E-state index contributed by atoms with van der Waals surface area (Å²) in [6.45, 7) is 6.63. The summed E-state index contributed by atoms with van der Waals surface area (Å²) in [4.78, 5) is 11.2. The first kappa shape index (κ1) is 23.2. The van der Waals surface area contributed by atoms with Crippen molar-refractivity contribution in [3.63, 3.8) is 0 Å². The molecule has 0 aliphatic rings. The molecule has 0 bridgehead atoms. The van der Waals surface area contributed by atoms with Gasteiger partial charge in [-0.15, -0.1) is 0 Å². The molecule has 0 amide bonds. The quantitative estimate of drug-likeness (QED) is 0.343. The van der Waals surface area contributed by atoms with Crippen LogP contribution in [0.3, 0.4) is 0 Å². The first-order valence-electron chi connectivity index (χ1n) is 10.3. The lowest BCUT2D eigenvalue weighted by Gasteiger charge is -2.15. The van der Waals surface area contributed by atoms with E-state index in [-0.39, 0.29) is 15.6 Å².